The lowest BCUT2D eigenvalue weighted by atomic mass is 10.2. The topological polar surface area (TPSA) is 76.1 Å². The molecule has 0 fully saturated rings. The minimum atomic E-state index is 0.718. The molecule has 0 aliphatic heterocycles. The smallest absolute Gasteiger partial charge is 0.0576 e. The molecule has 0 aliphatic rings. The Kier molecular flexibility index (Phi) is 6.37. The molecule has 6 N–H and O–H groups in total. The Balaban J connectivity index is 2.46. The summed E-state index contributed by atoms with van der Waals surface area (Å²) in [5.74, 6) is 0. The lowest BCUT2D eigenvalue weighted by molar-refractivity contribution is 0.867. The van der Waals surface area contributed by atoms with E-state index in [0.29, 0.717) is 0 Å². The van der Waals surface area contributed by atoms with Gasteiger partial charge in [0, 0.05) is 13.1 Å². The van der Waals surface area contributed by atoms with Gasteiger partial charge in [0.05, 0.1) is 11.4 Å². The van der Waals surface area contributed by atoms with Gasteiger partial charge in [0.25, 0.3) is 0 Å². The van der Waals surface area contributed by atoms with Gasteiger partial charge < -0.3 is 22.1 Å². The van der Waals surface area contributed by atoms with Crippen LogP contribution < -0.4 is 22.1 Å². The fraction of sp³-hybridized carbons (Fsp3) is 0.500. The molecule has 1 rings (SSSR count). The van der Waals surface area contributed by atoms with Gasteiger partial charge in [-0.15, -0.1) is 0 Å². The van der Waals surface area contributed by atoms with Crippen LogP contribution >= 0.6 is 0 Å². The number of para-hydroxylation sites is 2. The van der Waals surface area contributed by atoms with Crippen molar-refractivity contribution in [2.24, 2.45) is 11.5 Å². The van der Waals surface area contributed by atoms with Crippen molar-refractivity contribution in [3.8, 4) is 0 Å². The van der Waals surface area contributed by atoms with Gasteiger partial charge in [-0.05, 0) is 38.1 Å². The van der Waals surface area contributed by atoms with Gasteiger partial charge in [-0.1, -0.05) is 12.1 Å². The first kappa shape index (κ1) is 12.8. The highest BCUT2D eigenvalue weighted by molar-refractivity contribution is 5.68. The molecule has 0 saturated heterocycles. The van der Waals surface area contributed by atoms with Crippen LogP contribution in [0.3, 0.4) is 0 Å². The van der Waals surface area contributed by atoms with E-state index in [1.54, 1.807) is 0 Å². The summed E-state index contributed by atoms with van der Waals surface area (Å²) in [5.41, 5.74) is 13.2. The third-order valence-electron chi connectivity index (χ3n) is 2.32. The van der Waals surface area contributed by atoms with Crippen LogP contribution in [-0.4, -0.2) is 26.2 Å². The van der Waals surface area contributed by atoms with Gasteiger partial charge in [0.1, 0.15) is 0 Å². The molecule has 0 spiro atoms. The van der Waals surface area contributed by atoms with Crippen LogP contribution in [0.1, 0.15) is 12.8 Å². The number of anilines is 2. The molecular weight excluding hydrogens is 200 g/mol. The van der Waals surface area contributed by atoms with Gasteiger partial charge in [-0.2, -0.15) is 0 Å². The lowest BCUT2D eigenvalue weighted by Crippen LogP contribution is -2.12. The van der Waals surface area contributed by atoms with Gasteiger partial charge >= 0.3 is 0 Å². The average molecular weight is 222 g/mol. The Bertz CT molecular complexity index is 259. The number of hydrogen-bond acceptors (Lipinski definition) is 4. The van der Waals surface area contributed by atoms with Crippen molar-refractivity contribution >= 4 is 11.4 Å². The third-order valence-corrected chi connectivity index (χ3v) is 2.32. The first-order valence-corrected chi connectivity index (χ1v) is 5.85. The number of hydrogen-bond donors (Lipinski definition) is 4. The van der Waals surface area contributed by atoms with Gasteiger partial charge in [0.15, 0.2) is 0 Å². The Morgan fingerprint density at radius 1 is 0.812 bits per heavy atom. The van der Waals surface area contributed by atoms with Crippen LogP contribution in [0.4, 0.5) is 11.4 Å². The molecule has 0 heterocycles. The van der Waals surface area contributed by atoms with Crippen molar-refractivity contribution in [2.45, 2.75) is 12.8 Å². The van der Waals surface area contributed by atoms with Crippen molar-refractivity contribution < 1.29 is 0 Å². The van der Waals surface area contributed by atoms with Crippen molar-refractivity contribution in [2.75, 3.05) is 36.8 Å². The number of nitrogens with two attached hydrogens (primary N) is 2. The minimum Gasteiger partial charge on any atom is -0.383 e. The summed E-state index contributed by atoms with van der Waals surface area (Å²) >= 11 is 0. The minimum absolute atomic E-state index is 0.718. The highest BCUT2D eigenvalue weighted by Crippen LogP contribution is 2.20. The second-order valence-electron chi connectivity index (χ2n) is 3.68. The average Bonchev–Trinajstić information content (AvgIpc) is 2.32. The lowest BCUT2D eigenvalue weighted by Gasteiger charge is -2.13. The van der Waals surface area contributed by atoms with Gasteiger partial charge in [0.2, 0.25) is 0 Å². The Hall–Kier alpha value is -1.26. The summed E-state index contributed by atoms with van der Waals surface area (Å²) in [6.07, 6.45) is 1.97. The number of nitrogens with one attached hydrogen (secondary N) is 2. The van der Waals surface area contributed by atoms with Crippen LogP contribution in [-0.2, 0) is 0 Å². The van der Waals surface area contributed by atoms with E-state index >= 15 is 0 Å². The second-order valence-corrected chi connectivity index (χ2v) is 3.68. The summed E-state index contributed by atoms with van der Waals surface area (Å²) in [7, 11) is 0. The van der Waals surface area contributed by atoms with Gasteiger partial charge in [-0.25, -0.2) is 0 Å². The van der Waals surface area contributed by atoms with Crippen LogP contribution in [0.25, 0.3) is 0 Å². The summed E-state index contributed by atoms with van der Waals surface area (Å²) in [6, 6.07) is 8.19. The molecule has 0 unspecified atom stereocenters. The van der Waals surface area contributed by atoms with E-state index in [2.05, 4.69) is 22.8 Å². The molecule has 90 valence electrons. The molecule has 0 atom stereocenters. The molecule has 16 heavy (non-hydrogen) atoms. The van der Waals surface area contributed by atoms with Crippen molar-refractivity contribution in [3.05, 3.63) is 24.3 Å². The summed E-state index contributed by atoms with van der Waals surface area (Å²) in [4.78, 5) is 0. The van der Waals surface area contributed by atoms with E-state index in [1.165, 1.54) is 0 Å². The largest absolute Gasteiger partial charge is 0.383 e. The highest BCUT2D eigenvalue weighted by atomic mass is 14.9. The van der Waals surface area contributed by atoms with E-state index in [-0.39, 0.29) is 0 Å². The summed E-state index contributed by atoms with van der Waals surface area (Å²) in [5, 5.41) is 6.73. The quantitative estimate of drug-likeness (QED) is 0.499. The Morgan fingerprint density at radius 3 is 1.62 bits per heavy atom. The fourth-order valence-corrected chi connectivity index (χ4v) is 1.44. The van der Waals surface area contributed by atoms with Crippen LogP contribution in [0.2, 0.25) is 0 Å². The summed E-state index contributed by atoms with van der Waals surface area (Å²) in [6.45, 7) is 3.25. The van der Waals surface area contributed by atoms with E-state index in [0.717, 1.165) is 50.4 Å². The van der Waals surface area contributed by atoms with Crippen molar-refractivity contribution in [1.29, 1.82) is 0 Å². The van der Waals surface area contributed by atoms with Crippen LogP contribution in [0.15, 0.2) is 24.3 Å². The summed E-state index contributed by atoms with van der Waals surface area (Å²) < 4.78 is 0. The third kappa shape index (κ3) is 4.51. The first-order valence-electron chi connectivity index (χ1n) is 5.85. The normalized spacial score (nSPS) is 10.1. The monoisotopic (exact) mass is 222 g/mol. The molecule has 0 aliphatic carbocycles. The Labute approximate surface area is 97.4 Å². The van der Waals surface area contributed by atoms with Crippen LogP contribution in [0, 0.1) is 0 Å². The van der Waals surface area contributed by atoms with E-state index < -0.39 is 0 Å². The molecule has 0 aromatic heterocycles. The van der Waals surface area contributed by atoms with Crippen molar-refractivity contribution in [3.63, 3.8) is 0 Å². The molecule has 0 amide bonds. The molecule has 1 aromatic rings. The zero-order chi connectivity index (χ0) is 11.6. The zero-order valence-electron chi connectivity index (χ0n) is 9.71. The van der Waals surface area contributed by atoms with E-state index in [1.807, 2.05) is 12.1 Å². The van der Waals surface area contributed by atoms with Gasteiger partial charge in [-0.3, -0.25) is 0 Å². The molecule has 0 bridgehead atoms. The first-order chi connectivity index (χ1) is 7.88. The molecule has 4 nitrogen and oxygen atoms in total. The second kappa shape index (κ2) is 7.96. The predicted octanol–water partition coefficient (Wildman–Crippen LogP) is 1.21. The van der Waals surface area contributed by atoms with Crippen molar-refractivity contribution in [1.82, 2.24) is 0 Å². The molecule has 1 aromatic carbocycles. The van der Waals surface area contributed by atoms with Crippen LogP contribution in [0.5, 0.6) is 0 Å². The maximum atomic E-state index is 5.46. The van der Waals surface area contributed by atoms with E-state index in [9.17, 15) is 0 Å². The van der Waals surface area contributed by atoms with E-state index in [4.69, 9.17) is 11.5 Å². The maximum Gasteiger partial charge on any atom is 0.0576 e. The molecule has 4 heteroatoms. The standard InChI is InChI=1S/C12H22N4/c13-7-3-9-15-11-5-1-2-6-12(11)16-10-4-8-14/h1-2,5-6,15-16H,3-4,7-10,13-14H2. The Morgan fingerprint density at radius 2 is 1.25 bits per heavy atom. The zero-order valence-corrected chi connectivity index (χ0v) is 9.71. The SMILES string of the molecule is NCCCNc1ccccc1NCCCN. The highest BCUT2D eigenvalue weighted by Gasteiger charge is 1.99. The predicted molar refractivity (Wildman–Crippen MR) is 70.8 cm³/mol. The maximum absolute atomic E-state index is 5.46. The number of rotatable bonds is 8. The molecule has 0 radical (unpaired) electrons. The fourth-order valence-electron chi connectivity index (χ4n) is 1.44. The molecular formula is C12H22N4. The number of benzene rings is 1. The molecule has 0 saturated carbocycles.